The van der Waals surface area contributed by atoms with Crippen molar-refractivity contribution in [2.75, 3.05) is 0 Å². The van der Waals surface area contributed by atoms with Crippen LogP contribution in [0.5, 0.6) is 0 Å². The quantitative estimate of drug-likeness (QED) is 0.667. The highest BCUT2D eigenvalue weighted by Gasteiger charge is 2.10. The highest BCUT2D eigenvalue weighted by Crippen LogP contribution is 2.14. The molecule has 0 fully saturated rings. The van der Waals surface area contributed by atoms with Crippen molar-refractivity contribution in [2.45, 2.75) is 19.8 Å². The molecule has 1 nitrogen and oxygen atoms in total. The summed E-state index contributed by atoms with van der Waals surface area (Å²) in [5, 5.41) is 0. The minimum absolute atomic E-state index is 0.0555. The summed E-state index contributed by atoms with van der Waals surface area (Å²) < 4.78 is 0. The summed E-state index contributed by atoms with van der Waals surface area (Å²) in [7, 11) is 0. The number of rotatable bonds is 7. The van der Waals surface area contributed by atoms with Crippen molar-refractivity contribution in [1.82, 2.24) is 0 Å². The number of hydrogen-bond donors (Lipinski definition) is 0. The number of hydrogen-bond acceptors (Lipinski definition) is 1. The zero-order valence-electron chi connectivity index (χ0n) is 13.0. The molecule has 0 heterocycles. The van der Waals surface area contributed by atoms with Crippen LogP contribution in [0.2, 0.25) is 0 Å². The van der Waals surface area contributed by atoms with E-state index in [4.69, 9.17) is 0 Å². The predicted octanol–water partition coefficient (Wildman–Crippen LogP) is 5.40. The molecule has 0 atom stereocenters. The van der Waals surface area contributed by atoms with E-state index in [1.54, 1.807) is 6.92 Å². The largest absolute Gasteiger partial charge is 0.300 e. The Morgan fingerprint density at radius 2 is 1.23 bits per heavy atom. The smallest absolute Gasteiger partial charge is 0.133 e. The zero-order chi connectivity index (χ0) is 15.6. The molecule has 0 aliphatic heterocycles. The lowest BCUT2D eigenvalue weighted by molar-refractivity contribution is -0.120. The molecule has 0 radical (unpaired) electrons. The maximum absolute atomic E-state index is 11.8. The summed E-state index contributed by atoms with van der Waals surface area (Å²) in [6.07, 6.45) is 9.91. The Labute approximate surface area is 133 Å². The third-order valence-corrected chi connectivity index (χ3v) is 3.64. The van der Waals surface area contributed by atoms with Gasteiger partial charge in [0, 0.05) is 5.92 Å². The highest BCUT2D eigenvalue weighted by molar-refractivity contribution is 5.79. The average molecular weight is 290 g/mol. The molecule has 112 valence electrons. The first-order valence-corrected chi connectivity index (χ1v) is 7.69. The van der Waals surface area contributed by atoms with E-state index in [0.29, 0.717) is 0 Å². The van der Waals surface area contributed by atoms with E-state index >= 15 is 0 Å². The molecule has 0 saturated heterocycles. The van der Waals surface area contributed by atoms with Gasteiger partial charge in [0.2, 0.25) is 0 Å². The first-order valence-electron chi connectivity index (χ1n) is 7.69. The first kappa shape index (κ1) is 16.0. The summed E-state index contributed by atoms with van der Waals surface area (Å²) >= 11 is 0. The molecule has 0 aliphatic carbocycles. The van der Waals surface area contributed by atoms with Crippen LogP contribution in [0.15, 0.2) is 72.8 Å². The second-order valence-corrected chi connectivity index (χ2v) is 5.41. The normalized spacial score (nSPS) is 11.5. The van der Waals surface area contributed by atoms with Crippen LogP contribution in [0.1, 0.15) is 30.9 Å². The number of carbonyl (C=O) groups excluding carboxylic acids is 1. The van der Waals surface area contributed by atoms with Crippen LogP contribution in [0.25, 0.3) is 12.2 Å². The lowest BCUT2D eigenvalue weighted by atomic mass is 9.96. The fourth-order valence-electron chi connectivity index (χ4n) is 2.29. The van der Waals surface area contributed by atoms with E-state index in [0.717, 1.165) is 12.8 Å². The molecule has 0 saturated carbocycles. The Hall–Kier alpha value is -2.41. The van der Waals surface area contributed by atoms with Crippen LogP contribution in [0.4, 0.5) is 0 Å². The average Bonchev–Trinajstić information content (AvgIpc) is 2.55. The fraction of sp³-hybridized carbons (Fsp3) is 0.190. The third kappa shape index (κ3) is 5.53. The number of allylic oxidation sites excluding steroid dienone is 2. The molecule has 0 bridgehead atoms. The van der Waals surface area contributed by atoms with Crippen molar-refractivity contribution >= 4 is 17.9 Å². The number of carbonyl (C=O) groups is 1. The van der Waals surface area contributed by atoms with Crippen molar-refractivity contribution in [1.29, 1.82) is 0 Å². The van der Waals surface area contributed by atoms with E-state index in [-0.39, 0.29) is 11.7 Å². The van der Waals surface area contributed by atoms with Gasteiger partial charge < -0.3 is 0 Å². The fourth-order valence-corrected chi connectivity index (χ4v) is 2.29. The summed E-state index contributed by atoms with van der Waals surface area (Å²) in [4.78, 5) is 11.8. The standard InChI is InChI=1S/C21H22O/c1-18(22)21(16-8-14-19-10-4-2-5-11-19)17-9-15-20-12-6-3-7-13-20/h2-15,21H,16-17H2,1H3/b14-8+,15-9+. The van der Waals surface area contributed by atoms with Crippen molar-refractivity contribution in [3.05, 3.63) is 83.9 Å². The van der Waals surface area contributed by atoms with Gasteiger partial charge in [-0.15, -0.1) is 0 Å². The lowest BCUT2D eigenvalue weighted by Crippen LogP contribution is -2.08. The SMILES string of the molecule is CC(=O)C(C/C=C/c1ccccc1)C/C=C/c1ccccc1. The molecule has 0 N–H and O–H groups in total. The molecule has 2 aromatic rings. The molecule has 2 aromatic carbocycles. The van der Waals surface area contributed by atoms with Crippen molar-refractivity contribution in [3.8, 4) is 0 Å². The van der Waals surface area contributed by atoms with Crippen molar-refractivity contribution in [2.24, 2.45) is 5.92 Å². The van der Waals surface area contributed by atoms with Gasteiger partial charge in [-0.2, -0.15) is 0 Å². The van der Waals surface area contributed by atoms with Crippen molar-refractivity contribution < 1.29 is 4.79 Å². The lowest BCUT2D eigenvalue weighted by Gasteiger charge is -2.08. The summed E-state index contributed by atoms with van der Waals surface area (Å²) in [5.74, 6) is 0.301. The predicted molar refractivity (Wildman–Crippen MR) is 94.4 cm³/mol. The van der Waals surface area contributed by atoms with Gasteiger partial charge >= 0.3 is 0 Å². The molecule has 0 aliphatic rings. The number of ketones is 1. The Balaban J connectivity index is 1.89. The molecular weight excluding hydrogens is 268 g/mol. The monoisotopic (exact) mass is 290 g/mol. The molecule has 0 aromatic heterocycles. The highest BCUT2D eigenvalue weighted by atomic mass is 16.1. The van der Waals surface area contributed by atoms with E-state index < -0.39 is 0 Å². The Morgan fingerprint density at radius 3 is 1.59 bits per heavy atom. The first-order chi connectivity index (χ1) is 10.8. The van der Waals surface area contributed by atoms with Gasteiger partial charge in [0.25, 0.3) is 0 Å². The van der Waals surface area contributed by atoms with Crippen LogP contribution < -0.4 is 0 Å². The van der Waals surface area contributed by atoms with Crippen LogP contribution in [-0.4, -0.2) is 5.78 Å². The van der Waals surface area contributed by atoms with E-state index in [9.17, 15) is 4.79 Å². The van der Waals surface area contributed by atoms with Gasteiger partial charge in [-0.25, -0.2) is 0 Å². The van der Waals surface area contributed by atoms with Gasteiger partial charge in [0.05, 0.1) is 0 Å². The minimum Gasteiger partial charge on any atom is -0.300 e. The Bertz CT molecular complexity index is 572. The Kier molecular flexibility index (Phi) is 6.38. The maximum Gasteiger partial charge on any atom is 0.133 e. The molecule has 1 heteroatoms. The molecule has 2 rings (SSSR count). The van der Waals surface area contributed by atoms with Gasteiger partial charge in [-0.05, 0) is 30.9 Å². The number of Topliss-reactive ketones (excluding diaryl/α,β-unsaturated/α-hetero) is 1. The summed E-state index contributed by atoms with van der Waals surface area (Å²) in [5.41, 5.74) is 2.34. The topological polar surface area (TPSA) is 17.1 Å². The van der Waals surface area contributed by atoms with Crippen LogP contribution >= 0.6 is 0 Å². The van der Waals surface area contributed by atoms with Gasteiger partial charge in [-0.1, -0.05) is 85.0 Å². The van der Waals surface area contributed by atoms with Crippen molar-refractivity contribution in [3.63, 3.8) is 0 Å². The summed E-state index contributed by atoms with van der Waals surface area (Å²) in [6.45, 7) is 1.68. The van der Waals surface area contributed by atoms with E-state index in [1.165, 1.54) is 11.1 Å². The molecule has 0 amide bonds. The van der Waals surface area contributed by atoms with Gasteiger partial charge in [-0.3, -0.25) is 4.79 Å². The Morgan fingerprint density at radius 1 is 0.818 bits per heavy atom. The third-order valence-electron chi connectivity index (χ3n) is 3.64. The van der Waals surface area contributed by atoms with E-state index in [1.807, 2.05) is 36.4 Å². The number of benzene rings is 2. The second-order valence-electron chi connectivity index (χ2n) is 5.41. The van der Waals surface area contributed by atoms with Gasteiger partial charge in [0.15, 0.2) is 0 Å². The van der Waals surface area contributed by atoms with Crippen LogP contribution in [0.3, 0.4) is 0 Å². The zero-order valence-corrected chi connectivity index (χ0v) is 13.0. The van der Waals surface area contributed by atoms with Crippen LogP contribution in [0, 0.1) is 5.92 Å². The van der Waals surface area contributed by atoms with E-state index in [2.05, 4.69) is 48.6 Å². The minimum atomic E-state index is 0.0555. The van der Waals surface area contributed by atoms with Crippen LogP contribution in [-0.2, 0) is 4.79 Å². The molecule has 22 heavy (non-hydrogen) atoms. The molecule has 0 unspecified atom stereocenters. The van der Waals surface area contributed by atoms with Gasteiger partial charge in [0.1, 0.15) is 5.78 Å². The molecule has 0 spiro atoms. The maximum atomic E-state index is 11.8. The summed E-state index contributed by atoms with van der Waals surface area (Å²) in [6, 6.07) is 20.3. The molecular formula is C21H22O. The second kappa shape index (κ2) is 8.78.